The fraction of sp³-hybridized carbons (Fsp3) is 0.0222. The van der Waals surface area contributed by atoms with Gasteiger partial charge >= 0.3 is 0 Å². The van der Waals surface area contributed by atoms with Crippen LogP contribution in [0.25, 0.3) is 32.7 Å². The lowest BCUT2D eigenvalue weighted by Gasteiger charge is -2.34. The van der Waals surface area contributed by atoms with E-state index in [0.29, 0.717) is 0 Å². The molecule has 1 heteroatoms. The van der Waals surface area contributed by atoms with Crippen molar-refractivity contribution in [3.63, 3.8) is 0 Å². The van der Waals surface area contributed by atoms with Gasteiger partial charge < -0.3 is 4.90 Å². The van der Waals surface area contributed by atoms with Crippen LogP contribution in [-0.4, -0.2) is 0 Å². The zero-order valence-corrected chi connectivity index (χ0v) is 25.3. The molecular weight excluding hydrogens is 555 g/mol. The second kappa shape index (κ2) is 10.6. The number of para-hydroxylation sites is 1. The summed E-state index contributed by atoms with van der Waals surface area (Å²) in [5, 5.41) is 5.05. The van der Waals surface area contributed by atoms with E-state index in [-0.39, 0.29) is 0 Å². The van der Waals surface area contributed by atoms with Gasteiger partial charge in [-0.15, -0.1) is 0 Å². The molecule has 1 nitrogen and oxygen atoms in total. The molecule has 0 bridgehead atoms. The Morgan fingerprint density at radius 2 is 0.870 bits per heavy atom. The van der Waals surface area contributed by atoms with Gasteiger partial charge in [0.25, 0.3) is 0 Å². The van der Waals surface area contributed by atoms with Crippen molar-refractivity contribution in [2.75, 3.05) is 4.90 Å². The van der Waals surface area contributed by atoms with Crippen LogP contribution in [0.4, 0.5) is 17.1 Å². The molecule has 8 aromatic rings. The SMILES string of the molecule is c1ccc(N(c2ccc3c(c2)-c2ccccc2C3(c2ccccc2)c2ccccc2)c2ccc3c(ccc4ccccc43)c2)cc1. The molecule has 0 aliphatic heterocycles. The molecule has 1 aliphatic rings. The van der Waals surface area contributed by atoms with Crippen molar-refractivity contribution in [3.05, 3.63) is 210 Å². The third kappa shape index (κ3) is 3.95. The lowest BCUT2D eigenvalue weighted by molar-refractivity contribution is 0.768. The van der Waals surface area contributed by atoms with Gasteiger partial charge in [0, 0.05) is 17.1 Å². The second-order valence-corrected chi connectivity index (χ2v) is 12.1. The summed E-state index contributed by atoms with van der Waals surface area (Å²) < 4.78 is 0. The van der Waals surface area contributed by atoms with Crippen molar-refractivity contribution in [3.8, 4) is 11.1 Å². The lowest BCUT2D eigenvalue weighted by Crippen LogP contribution is -2.28. The van der Waals surface area contributed by atoms with E-state index in [9.17, 15) is 0 Å². The number of anilines is 3. The van der Waals surface area contributed by atoms with Crippen molar-refractivity contribution in [2.24, 2.45) is 0 Å². The minimum Gasteiger partial charge on any atom is -0.310 e. The van der Waals surface area contributed by atoms with Crippen LogP contribution in [0.2, 0.25) is 0 Å². The normalized spacial score (nSPS) is 13.0. The van der Waals surface area contributed by atoms with Crippen molar-refractivity contribution in [2.45, 2.75) is 5.41 Å². The maximum atomic E-state index is 2.40. The highest BCUT2D eigenvalue weighted by molar-refractivity contribution is 6.08. The van der Waals surface area contributed by atoms with E-state index < -0.39 is 5.41 Å². The molecule has 0 heterocycles. The van der Waals surface area contributed by atoms with Crippen LogP contribution in [0.15, 0.2) is 188 Å². The maximum absolute atomic E-state index is 2.40. The molecule has 0 radical (unpaired) electrons. The van der Waals surface area contributed by atoms with Crippen LogP contribution < -0.4 is 4.90 Å². The molecule has 0 saturated carbocycles. The highest BCUT2D eigenvalue weighted by atomic mass is 15.1. The summed E-state index contributed by atoms with van der Waals surface area (Å²) in [6, 6.07) is 68.7. The smallest absolute Gasteiger partial charge is 0.0713 e. The first kappa shape index (κ1) is 26.5. The van der Waals surface area contributed by atoms with Crippen molar-refractivity contribution >= 4 is 38.6 Å². The maximum Gasteiger partial charge on any atom is 0.0713 e. The Hall–Kier alpha value is -5.92. The largest absolute Gasteiger partial charge is 0.310 e. The minimum atomic E-state index is -0.408. The molecule has 1 aliphatic carbocycles. The van der Waals surface area contributed by atoms with E-state index in [1.54, 1.807) is 0 Å². The van der Waals surface area contributed by atoms with E-state index in [2.05, 4.69) is 193 Å². The summed E-state index contributed by atoms with van der Waals surface area (Å²) in [4.78, 5) is 2.39. The van der Waals surface area contributed by atoms with Gasteiger partial charge in [-0.1, -0.05) is 152 Å². The molecule has 0 spiro atoms. The number of fused-ring (bicyclic) bond motifs is 6. The first-order valence-electron chi connectivity index (χ1n) is 15.9. The van der Waals surface area contributed by atoms with Gasteiger partial charge in [-0.2, -0.15) is 0 Å². The van der Waals surface area contributed by atoms with E-state index in [1.165, 1.54) is 54.9 Å². The average molecular weight is 586 g/mol. The van der Waals surface area contributed by atoms with E-state index in [0.717, 1.165) is 17.1 Å². The van der Waals surface area contributed by atoms with Crippen LogP contribution in [-0.2, 0) is 5.41 Å². The van der Waals surface area contributed by atoms with Gasteiger partial charge in [-0.3, -0.25) is 0 Å². The van der Waals surface area contributed by atoms with E-state index >= 15 is 0 Å². The van der Waals surface area contributed by atoms with Crippen molar-refractivity contribution in [1.29, 1.82) is 0 Å². The van der Waals surface area contributed by atoms with Gasteiger partial charge in [0.15, 0.2) is 0 Å². The van der Waals surface area contributed by atoms with E-state index in [1.807, 2.05) is 0 Å². The predicted octanol–water partition coefficient (Wildman–Crippen LogP) is 11.8. The molecule has 0 saturated heterocycles. The third-order valence-corrected chi connectivity index (χ3v) is 9.70. The monoisotopic (exact) mass is 585 g/mol. The molecule has 0 amide bonds. The Bertz CT molecular complexity index is 2320. The van der Waals surface area contributed by atoms with Gasteiger partial charge in [0.05, 0.1) is 5.41 Å². The van der Waals surface area contributed by atoms with Crippen LogP contribution in [0.5, 0.6) is 0 Å². The number of benzene rings is 8. The topological polar surface area (TPSA) is 3.24 Å². The Labute approximate surface area is 269 Å². The standard InChI is InChI=1S/C45H31N/c1-4-15-34(16-5-1)45(35-17-6-2-7-18-35)43-23-13-12-22-41(43)42-31-38(27-29-44(42)45)46(36-19-8-3-9-20-36)37-26-28-40-33(30-37)25-24-32-14-10-11-21-39(32)40/h1-31H. The molecule has 0 aromatic heterocycles. The minimum absolute atomic E-state index is 0.408. The van der Waals surface area contributed by atoms with Gasteiger partial charge in [0.1, 0.15) is 0 Å². The predicted molar refractivity (Wildman–Crippen MR) is 193 cm³/mol. The molecular formula is C45H31N. The summed E-state index contributed by atoms with van der Waals surface area (Å²) in [6.45, 7) is 0. The second-order valence-electron chi connectivity index (χ2n) is 12.1. The highest BCUT2D eigenvalue weighted by Crippen LogP contribution is 2.57. The zero-order valence-electron chi connectivity index (χ0n) is 25.3. The first-order valence-corrected chi connectivity index (χ1v) is 15.9. The zero-order chi connectivity index (χ0) is 30.5. The number of hydrogen-bond donors (Lipinski definition) is 0. The fourth-order valence-electron chi connectivity index (χ4n) is 7.74. The molecule has 46 heavy (non-hydrogen) atoms. The van der Waals surface area contributed by atoms with Crippen LogP contribution in [0.1, 0.15) is 22.3 Å². The van der Waals surface area contributed by atoms with Crippen molar-refractivity contribution < 1.29 is 0 Å². The van der Waals surface area contributed by atoms with Crippen LogP contribution >= 0.6 is 0 Å². The Balaban J connectivity index is 1.28. The van der Waals surface area contributed by atoms with Crippen LogP contribution in [0, 0.1) is 0 Å². The Morgan fingerprint density at radius 3 is 1.63 bits per heavy atom. The summed E-state index contributed by atoms with van der Waals surface area (Å²) in [5.74, 6) is 0. The molecule has 216 valence electrons. The lowest BCUT2D eigenvalue weighted by atomic mass is 9.68. The summed E-state index contributed by atoms with van der Waals surface area (Å²) in [5.41, 5.74) is 10.7. The third-order valence-electron chi connectivity index (χ3n) is 9.70. The molecule has 0 N–H and O–H groups in total. The fourth-order valence-corrected chi connectivity index (χ4v) is 7.74. The van der Waals surface area contributed by atoms with Gasteiger partial charge in [-0.05, 0) is 91.3 Å². The first-order chi connectivity index (χ1) is 22.8. The number of nitrogens with zero attached hydrogens (tertiary/aromatic N) is 1. The summed E-state index contributed by atoms with van der Waals surface area (Å²) in [7, 11) is 0. The quantitative estimate of drug-likeness (QED) is 0.182. The molecule has 0 unspecified atom stereocenters. The molecule has 9 rings (SSSR count). The number of hydrogen-bond acceptors (Lipinski definition) is 1. The number of rotatable bonds is 5. The molecule has 0 atom stereocenters. The molecule has 0 fully saturated rings. The highest BCUT2D eigenvalue weighted by Gasteiger charge is 2.46. The van der Waals surface area contributed by atoms with E-state index in [4.69, 9.17) is 0 Å². The Morgan fingerprint density at radius 1 is 0.326 bits per heavy atom. The van der Waals surface area contributed by atoms with Gasteiger partial charge in [0.2, 0.25) is 0 Å². The summed E-state index contributed by atoms with van der Waals surface area (Å²) in [6.07, 6.45) is 0. The van der Waals surface area contributed by atoms with Crippen molar-refractivity contribution in [1.82, 2.24) is 0 Å². The summed E-state index contributed by atoms with van der Waals surface area (Å²) >= 11 is 0. The van der Waals surface area contributed by atoms with Gasteiger partial charge in [-0.25, -0.2) is 0 Å². The Kier molecular flexibility index (Phi) is 6.11. The average Bonchev–Trinajstić information content (AvgIpc) is 3.43. The van der Waals surface area contributed by atoms with Crippen LogP contribution in [0.3, 0.4) is 0 Å². The molecule has 8 aromatic carbocycles.